The van der Waals surface area contributed by atoms with Crippen LogP contribution in [0.25, 0.3) is 0 Å². The highest BCUT2D eigenvalue weighted by molar-refractivity contribution is 5.82. The van der Waals surface area contributed by atoms with Gasteiger partial charge in [0.05, 0.1) is 12.1 Å². The van der Waals surface area contributed by atoms with E-state index in [1.54, 1.807) is 0 Å². The highest BCUT2D eigenvalue weighted by atomic mass is 16.3. The van der Waals surface area contributed by atoms with E-state index in [2.05, 4.69) is 17.6 Å². The van der Waals surface area contributed by atoms with Crippen LogP contribution in [-0.2, 0) is 4.79 Å². The monoisotopic (exact) mass is 254 g/mol. The Labute approximate surface area is 110 Å². The molecule has 0 aromatic rings. The predicted octanol–water partition coefficient (Wildman–Crippen LogP) is 1.04. The lowest BCUT2D eigenvalue weighted by atomic mass is 9.86. The van der Waals surface area contributed by atoms with E-state index in [4.69, 9.17) is 0 Å². The van der Waals surface area contributed by atoms with Gasteiger partial charge in [-0.2, -0.15) is 0 Å². The van der Waals surface area contributed by atoms with Gasteiger partial charge in [-0.25, -0.2) is 0 Å². The Bertz CT molecular complexity index is 283. The van der Waals surface area contributed by atoms with Crippen LogP contribution in [0.1, 0.15) is 45.4 Å². The summed E-state index contributed by atoms with van der Waals surface area (Å²) >= 11 is 0. The summed E-state index contributed by atoms with van der Waals surface area (Å²) in [5.74, 6) is 0.775. The fraction of sp³-hybridized carbons (Fsp3) is 0.929. The Morgan fingerprint density at radius 1 is 1.28 bits per heavy atom. The third-order valence-electron chi connectivity index (χ3n) is 4.46. The van der Waals surface area contributed by atoms with Gasteiger partial charge in [0.25, 0.3) is 0 Å². The standard InChI is InChI=1S/C14H26N2O2/c1-10-5-4-8-15-13(10)14(18)16-9-11-6-2-3-7-12(11)17/h10-13,15,17H,2-9H2,1H3,(H,16,18). The molecule has 1 aliphatic carbocycles. The van der Waals surface area contributed by atoms with Crippen molar-refractivity contribution in [1.82, 2.24) is 10.6 Å². The van der Waals surface area contributed by atoms with Crippen LogP contribution < -0.4 is 10.6 Å². The summed E-state index contributed by atoms with van der Waals surface area (Å²) in [6, 6.07) is -0.0421. The van der Waals surface area contributed by atoms with Gasteiger partial charge in [0, 0.05) is 12.5 Å². The van der Waals surface area contributed by atoms with Gasteiger partial charge in [0.2, 0.25) is 5.91 Å². The second-order valence-electron chi connectivity index (χ2n) is 5.91. The van der Waals surface area contributed by atoms with Gasteiger partial charge in [-0.05, 0) is 38.1 Å². The molecule has 1 saturated heterocycles. The zero-order valence-corrected chi connectivity index (χ0v) is 11.3. The Balaban J connectivity index is 1.76. The molecular weight excluding hydrogens is 228 g/mol. The highest BCUT2D eigenvalue weighted by Gasteiger charge is 2.29. The molecule has 2 fully saturated rings. The number of aliphatic hydroxyl groups excluding tert-OH is 1. The van der Waals surface area contributed by atoms with Crippen molar-refractivity contribution in [1.29, 1.82) is 0 Å². The molecule has 4 nitrogen and oxygen atoms in total. The third-order valence-corrected chi connectivity index (χ3v) is 4.46. The molecule has 0 spiro atoms. The molecule has 0 bridgehead atoms. The van der Waals surface area contributed by atoms with Crippen LogP contribution in [-0.4, -0.2) is 36.2 Å². The molecule has 1 heterocycles. The van der Waals surface area contributed by atoms with Crippen molar-refractivity contribution in [2.75, 3.05) is 13.1 Å². The third kappa shape index (κ3) is 3.45. The van der Waals surface area contributed by atoms with Gasteiger partial charge in [-0.3, -0.25) is 4.79 Å². The molecule has 4 atom stereocenters. The minimum atomic E-state index is -0.226. The maximum atomic E-state index is 12.1. The smallest absolute Gasteiger partial charge is 0.237 e. The van der Waals surface area contributed by atoms with Crippen molar-refractivity contribution in [2.24, 2.45) is 11.8 Å². The molecular formula is C14H26N2O2. The lowest BCUT2D eigenvalue weighted by molar-refractivity contribution is -0.125. The summed E-state index contributed by atoms with van der Waals surface area (Å²) in [6.45, 7) is 3.70. The van der Waals surface area contributed by atoms with E-state index in [0.29, 0.717) is 12.5 Å². The molecule has 3 N–H and O–H groups in total. The number of carbonyl (C=O) groups is 1. The molecule has 4 unspecified atom stereocenters. The second kappa shape index (κ2) is 6.53. The van der Waals surface area contributed by atoms with Crippen molar-refractivity contribution < 1.29 is 9.90 Å². The molecule has 2 aliphatic rings. The van der Waals surface area contributed by atoms with Gasteiger partial charge in [-0.15, -0.1) is 0 Å². The predicted molar refractivity (Wildman–Crippen MR) is 71.2 cm³/mol. The van der Waals surface area contributed by atoms with Crippen LogP contribution in [0.5, 0.6) is 0 Å². The molecule has 1 aliphatic heterocycles. The van der Waals surface area contributed by atoms with Gasteiger partial charge in [-0.1, -0.05) is 19.8 Å². The van der Waals surface area contributed by atoms with Crippen LogP contribution in [0.15, 0.2) is 0 Å². The second-order valence-corrected chi connectivity index (χ2v) is 5.91. The first-order valence-electron chi connectivity index (χ1n) is 7.37. The van der Waals surface area contributed by atoms with Gasteiger partial charge < -0.3 is 15.7 Å². The lowest BCUT2D eigenvalue weighted by Crippen LogP contribution is -2.52. The number of hydrogen-bond acceptors (Lipinski definition) is 3. The maximum absolute atomic E-state index is 12.1. The summed E-state index contributed by atoms with van der Waals surface area (Å²) in [4.78, 5) is 12.1. The summed E-state index contributed by atoms with van der Waals surface area (Å²) in [6.07, 6.45) is 6.27. The van der Waals surface area contributed by atoms with Crippen LogP contribution in [0.2, 0.25) is 0 Å². The first-order valence-corrected chi connectivity index (χ1v) is 7.37. The van der Waals surface area contributed by atoms with E-state index < -0.39 is 0 Å². The highest BCUT2D eigenvalue weighted by Crippen LogP contribution is 2.23. The minimum Gasteiger partial charge on any atom is -0.393 e. The Hall–Kier alpha value is -0.610. The summed E-state index contributed by atoms with van der Waals surface area (Å²) in [7, 11) is 0. The molecule has 0 aromatic heterocycles. The molecule has 18 heavy (non-hydrogen) atoms. The average molecular weight is 254 g/mol. The summed E-state index contributed by atoms with van der Waals surface area (Å²) in [5.41, 5.74) is 0. The van der Waals surface area contributed by atoms with Gasteiger partial charge in [0.1, 0.15) is 0 Å². The van der Waals surface area contributed by atoms with E-state index in [9.17, 15) is 9.90 Å². The van der Waals surface area contributed by atoms with E-state index in [1.165, 1.54) is 6.42 Å². The van der Waals surface area contributed by atoms with E-state index >= 15 is 0 Å². The summed E-state index contributed by atoms with van der Waals surface area (Å²) in [5, 5.41) is 16.2. The number of rotatable bonds is 3. The fourth-order valence-electron chi connectivity index (χ4n) is 3.17. The SMILES string of the molecule is CC1CCCNC1C(=O)NCC1CCCCC1O. The van der Waals surface area contributed by atoms with Crippen molar-refractivity contribution in [3.8, 4) is 0 Å². The molecule has 1 saturated carbocycles. The van der Waals surface area contributed by atoms with E-state index in [-0.39, 0.29) is 24.0 Å². The van der Waals surface area contributed by atoms with Crippen molar-refractivity contribution >= 4 is 5.91 Å². The first-order chi connectivity index (χ1) is 8.68. The number of hydrogen-bond donors (Lipinski definition) is 3. The Morgan fingerprint density at radius 3 is 2.78 bits per heavy atom. The zero-order valence-electron chi connectivity index (χ0n) is 11.3. The van der Waals surface area contributed by atoms with Crippen LogP contribution in [0, 0.1) is 11.8 Å². The van der Waals surface area contributed by atoms with Crippen molar-refractivity contribution in [2.45, 2.75) is 57.6 Å². The number of nitrogens with one attached hydrogen (secondary N) is 2. The molecule has 1 amide bonds. The molecule has 2 rings (SSSR count). The number of piperidine rings is 1. The van der Waals surface area contributed by atoms with E-state index in [1.807, 2.05) is 0 Å². The quantitative estimate of drug-likeness (QED) is 0.705. The van der Waals surface area contributed by atoms with Crippen molar-refractivity contribution in [3.05, 3.63) is 0 Å². The minimum absolute atomic E-state index is 0.0421. The maximum Gasteiger partial charge on any atom is 0.237 e. The topological polar surface area (TPSA) is 61.4 Å². The van der Waals surface area contributed by atoms with Gasteiger partial charge in [0.15, 0.2) is 0 Å². The zero-order chi connectivity index (χ0) is 13.0. The number of aliphatic hydroxyl groups is 1. The van der Waals surface area contributed by atoms with Crippen LogP contribution in [0.4, 0.5) is 0 Å². The van der Waals surface area contributed by atoms with Gasteiger partial charge >= 0.3 is 0 Å². The molecule has 0 radical (unpaired) electrons. The van der Waals surface area contributed by atoms with Crippen molar-refractivity contribution in [3.63, 3.8) is 0 Å². The Kier molecular flexibility index (Phi) is 5.01. The van der Waals surface area contributed by atoms with Crippen LogP contribution >= 0.6 is 0 Å². The largest absolute Gasteiger partial charge is 0.393 e. The molecule has 104 valence electrons. The first kappa shape index (κ1) is 13.8. The Morgan fingerprint density at radius 2 is 2.06 bits per heavy atom. The van der Waals surface area contributed by atoms with E-state index in [0.717, 1.165) is 38.6 Å². The summed E-state index contributed by atoms with van der Waals surface area (Å²) < 4.78 is 0. The normalized spacial score (nSPS) is 37.2. The molecule has 0 aromatic carbocycles. The average Bonchev–Trinajstić information content (AvgIpc) is 2.38. The number of carbonyl (C=O) groups excluding carboxylic acids is 1. The number of amides is 1. The lowest BCUT2D eigenvalue weighted by Gasteiger charge is -2.31. The fourth-order valence-corrected chi connectivity index (χ4v) is 3.17. The molecule has 4 heteroatoms. The van der Waals surface area contributed by atoms with Crippen LogP contribution in [0.3, 0.4) is 0 Å².